The topological polar surface area (TPSA) is 84.3 Å². The van der Waals surface area contributed by atoms with Crippen LogP contribution in [0.15, 0.2) is 42.5 Å². The number of benzene rings is 2. The smallest absolute Gasteiger partial charge is 0.282 e. The molecule has 25 heavy (non-hydrogen) atoms. The number of aryl methyl sites for hydroxylation is 1. The SMILES string of the molecule is Cc1ccc([N+](=O)[O-])c(C(=O)NCC2NCCc3ccccc32)c1.Cl. The fourth-order valence-electron chi connectivity index (χ4n) is 3.06. The number of nitrogens with one attached hydrogen (secondary N) is 2. The summed E-state index contributed by atoms with van der Waals surface area (Å²) in [6, 6.07) is 12.7. The molecule has 1 aliphatic heterocycles. The lowest BCUT2D eigenvalue weighted by molar-refractivity contribution is -0.385. The van der Waals surface area contributed by atoms with Crippen molar-refractivity contribution in [2.24, 2.45) is 0 Å². The van der Waals surface area contributed by atoms with Gasteiger partial charge in [-0.25, -0.2) is 0 Å². The standard InChI is InChI=1S/C18H19N3O3.ClH/c1-12-6-7-17(21(23)24)15(10-12)18(22)20-11-16-14-5-3-2-4-13(14)8-9-19-16;/h2-7,10,16,19H,8-9,11H2,1H3,(H,20,22);1H. The maximum absolute atomic E-state index is 12.4. The number of fused-ring (bicyclic) bond motifs is 1. The van der Waals surface area contributed by atoms with Gasteiger partial charge in [-0.15, -0.1) is 12.4 Å². The molecule has 6 nitrogen and oxygen atoms in total. The number of hydrogen-bond acceptors (Lipinski definition) is 4. The van der Waals surface area contributed by atoms with Crippen LogP contribution in [0.1, 0.15) is 33.1 Å². The Kier molecular flexibility index (Phi) is 6.12. The average Bonchev–Trinajstić information content (AvgIpc) is 2.59. The van der Waals surface area contributed by atoms with Crippen LogP contribution in [0.2, 0.25) is 0 Å². The number of nitrogens with zero attached hydrogens (tertiary/aromatic N) is 1. The van der Waals surface area contributed by atoms with E-state index in [9.17, 15) is 14.9 Å². The molecule has 0 fully saturated rings. The van der Waals surface area contributed by atoms with Crippen LogP contribution in [0.25, 0.3) is 0 Å². The minimum Gasteiger partial charge on any atom is -0.350 e. The molecule has 2 N–H and O–H groups in total. The molecular weight excluding hydrogens is 342 g/mol. The minimum absolute atomic E-state index is 0. The van der Waals surface area contributed by atoms with Gasteiger partial charge in [-0.1, -0.05) is 30.3 Å². The van der Waals surface area contributed by atoms with Crippen LogP contribution in [-0.2, 0) is 6.42 Å². The molecule has 1 aliphatic rings. The zero-order chi connectivity index (χ0) is 17.1. The zero-order valence-corrected chi connectivity index (χ0v) is 14.6. The van der Waals surface area contributed by atoms with Crippen LogP contribution in [-0.4, -0.2) is 23.9 Å². The maximum atomic E-state index is 12.4. The average molecular weight is 362 g/mol. The van der Waals surface area contributed by atoms with Crippen molar-refractivity contribution in [2.45, 2.75) is 19.4 Å². The van der Waals surface area contributed by atoms with Crippen LogP contribution in [0, 0.1) is 17.0 Å². The number of carbonyl (C=O) groups excluding carboxylic acids is 1. The second-order valence-electron chi connectivity index (χ2n) is 5.94. The monoisotopic (exact) mass is 361 g/mol. The van der Waals surface area contributed by atoms with Crippen molar-refractivity contribution in [3.8, 4) is 0 Å². The number of nitro groups is 1. The summed E-state index contributed by atoms with van der Waals surface area (Å²) >= 11 is 0. The third-order valence-corrected chi connectivity index (χ3v) is 4.28. The van der Waals surface area contributed by atoms with Crippen molar-refractivity contribution < 1.29 is 9.72 Å². The largest absolute Gasteiger partial charge is 0.350 e. The molecule has 2 aromatic carbocycles. The lowest BCUT2D eigenvalue weighted by atomic mass is 9.94. The van der Waals surface area contributed by atoms with E-state index in [0.717, 1.165) is 18.5 Å². The molecule has 1 atom stereocenters. The molecule has 0 radical (unpaired) electrons. The number of amides is 1. The van der Waals surface area contributed by atoms with E-state index < -0.39 is 10.8 Å². The van der Waals surface area contributed by atoms with E-state index in [1.165, 1.54) is 17.2 Å². The first-order valence-corrected chi connectivity index (χ1v) is 7.90. The Bertz CT molecular complexity index is 795. The summed E-state index contributed by atoms with van der Waals surface area (Å²) in [6.45, 7) is 3.04. The molecule has 0 aliphatic carbocycles. The Morgan fingerprint density at radius 1 is 1.32 bits per heavy atom. The van der Waals surface area contributed by atoms with Crippen LogP contribution in [0.3, 0.4) is 0 Å². The fraction of sp³-hybridized carbons (Fsp3) is 0.278. The molecule has 132 valence electrons. The summed E-state index contributed by atoms with van der Waals surface area (Å²) in [5.41, 5.74) is 3.19. The highest BCUT2D eigenvalue weighted by Crippen LogP contribution is 2.23. The number of hydrogen-bond donors (Lipinski definition) is 2. The molecule has 0 saturated carbocycles. The van der Waals surface area contributed by atoms with Crippen molar-refractivity contribution in [1.82, 2.24) is 10.6 Å². The van der Waals surface area contributed by atoms with E-state index in [2.05, 4.69) is 16.7 Å². The van der Waals surface area contributed by atoms with Crippen molar-refractivity contribution in [1.29, 1.82) is 0 Å². The summed E-state index contributed by atoms with van der Waals surface area (Å²) in [5, 5.41) is 17.3. The summed E-state index contributed by atoms with van der Waals surface area (Å²) in [7, 11) is 0. The van der Waals surface area contributed by atoms with Gasteiger partial charge in [0, 0.05) is 18.7 Å². The highest BCUT2D eigenvalue weighted by Gasteiger charge is 2.23. The Morgan fingerprint density at radius 3 is 2.84 bits per heavy atom. The Hall–Kier alpha value is -2.44. The van der Waals surface area contributed by atoms with Crippen LogP contribution in [0.5, 0.6) is 0 Å². The predicted molar refractivity (Wildman–Crippen MR) is 98.3 cm³/mol. The number of carbonyl (C=O) groups is 1. The Morgan fingerprint density at radius 2 is 2.08 bits per heavy atom. The highest BCUT2D eigenvalue weighted by molar-refractivity contribution is 5.98. The molecule has 1 amide bonds. The first-order valence-electron chi connectivity index (χ1n) is 7.90. The van der Waals surface area contributed by atoms with Crippen molar-refractivity contribution >= 4 is 24.0 Å². The first kappa shape index (κ1) is 18.9. The Labute approximate surface area is 152 Å². The van der Waals surface area contributed by atoms with E-state index in [4.69, 9.17) is 0 Å². The van der Waals surface area contributed by atoms with E-state index in [1.807, 2.05) is 18.2 Å². The van der Waals surface area contributed by atoms with Gasteiger partial charge in [0.1, 0.15) is 5.56 Å². The number of nitro benzene ring substituents is 1. The van der Waals surface area contributed by atoms with E-state index in [-0.39, 0.29) is 29.7 Å². The van der Waals surface area contributed by atoms with Crippen molar-refractivity contribution in [2.75, 3.05) is 13.1 Å². The molecule has 2 aromatic rings. The van der Waals surface area contributed by atoms with E-state index >= 15 is 0 Å². The number of rotatable bonds is 4. The van der Waals surface area contributed by atoms with Gasteiger partial charge in [0.25, 0.3) is 11.6 Å². The second kappa shape index (κ2) is 8.09. The molecule has 7 heteroatoms. The molecule has 0 aromatic heterocycles. The first-order chi connectivity index (χ1) is 11.6. The van der Waals surface area contributed by atoms with Gasteiger partial charge in [0.15, 0.2) is 0 Å². The summed E-state index contributed by atoms with van der Waals surface area (Å²) in [4.78, 5) is 23.0. The van der Waals surface area contributed by atoms with Crippen molar-refractivity contribution in [3.63, 3.8) is 0 Å². The van der Waals surface area contributed by atoms with Gasteiger partial charge in [0.05, 0.1) is 4.92 Å². The number of halogens is 1. The maximum Gasteiger partial charge on any atom is 0.282 e. The molecule has 0 spiro atoms. The summed E-state index contributed by atoms with van der Waals surface area (Å²) < 4.78 is 0. The van der Waals surface area contributed by atoms with E-state index in [1.54, 1.807) is 19.1 Å². The normalized spacial score (nSPS) is 15.6. The fourth-order valence-corrected chi connectivity index (χ4v) is 3.06. The summed E-state index contributed by atoms with van der Waals surface area (Å²) in [6.07, 6.45) is 0.962. The van der Waals surface area contributed by atoms with Crippen LogP contribution in [0.4, 0.5) is 5.69 Å². The van der Waals surface area contributed by atoms with E-state index in [0.29, 0.717) is 6.54 Å². The predicted octanol–water partition coefficient (Wildman–Crippen LogP) is 2.94. The second-order valence-corrected chi connectivity index (χ2v) is 5.94. The lowest BCUT2D eigenvalue weighted by Gasteiger charge is -2.27. The van der Waals surface area contributed by atoms with Crippen LogP contribution < -0.4 is 10.6 Å². The van der Waals surface area contributed by atoms with Gasteiger partial charge >= 0.3 is 0 Å². The third kappa shape index (κ3) is 4.15. The van der Waals surface area contributed by atoms with Gasteiger partial charge in [0.2, 0.25) is 0 Å². The molecular formula is C18H20ClN3O3. The zero-order valence-electron chi connectivity index (χ0n) is 13.8. The van der Waals surface area contributed by atoms with Gasteiger partial charge in [-0.05, 0) is 42.6 Å². The van der Waals surface area contributed by atoms with Crippen molar-refractivity contribution in [3.05, 3.63) is 74.8 Å². The highest BCUT2D eigenvalue weighted by atomic mass is 35.5. The minimum atomic E-state index is -0.525. The molecule has 1 unspecified atom stereocenters. The Balaban J connectivity index is 0.00000225. The van der Waals surface area contributed by atoms with Crippen LogP contribution >= 0.6 is 12.4 Å². The molecule has 1 heterocycles. The lowest BCUT2D eigenvalue weighted by Crippen LogP contribution is -2.39. The molecule has 3 rings (SSSR count). The van der Waals surface area contributed by atoms with Gasteiger partial charge in [-0.2, -0.15) is 0 Å². The van der Waals surface area contributed by atoms with Gasteiger partial charge < -0.3 is 10.6 Å². The third-order valence-electron chi connectivity index (χ3n) is 4.28. The summed E-state index contributed by atoms with van der Waals surface area (Å²) in [5.74, 6) is -0.421. The van der Waals surface area contributed by atoms with Gasteiger partial charge in [-0.3, -0.25) is 14.9 Å². The molecule has 0 bridgehead atoms. The quantitative estimate of drug-likeness (QED) is 0.647. The molecule has 0 saturated heterocycles.